The third-order valence-corrected chi connectivity index (χ3v) is 5.24. The van der Waals surface area contributed by atoms with Crippen LogP contribution in [0.2, 0.25) is 0 Å². The van der Waals surface area contributed by atoms with Gasteiger partial charge in [0.25, 0.3) is 0 Å². The van der Waals surface area contributed by atoms with E-state index in [0.717, 1.165) is 64.2 Å². The van der Waals surface area contributed by atoms with Crippen molar-refractivity contribution in [3.63, 3.8) is 0 Å². The highest BCUT2D eigenvalue weighted by atomic mass is 16.4. The Balaban J connectivity index is 2.05. The molecule has 2 N–H and O–H groups in total. The fraction of sp³-hybridized carbons (Fsp3) is 0.895. The standard InChI is InChI=1S/C19H34O4/c1-16(20)17-12-9-11-15-19(17,23)14-10-7-5-3-2-4-6-8-13-18(21)22/h17,23H,2-15H2,1H3,(H,21,22)/t17-,19+/m1/s1. The summed E-state index contributed by atoms with van der Waals surface area (Å²) in [5.41, 5.74) is -0.749. The molecule has 0 aromatic rings. The molecule has 0 saturated heterocycles. The van der Waals surface area contributed by atoms with Crippen LogP contribution in [0.1, 0.15) is 96.8 Å². The largest absolute Gasteiger partial charge is 0.481 e. The molecule has 0 spiro atoms. The lowest BCUT2D eigenvalue weighted by Gasteiger charge is -2.39. The van der Waals surface area contributed by atoms with Crippen LogP contribution in [0.3, 0.4) is 0 Å². The maximum Gasteiger partial charge on any atom is 0.303 e. The molecule has 1 aliphatic rings. The number of carbonyl (C=O) groups is 2. The van der Waals surface area contributed by atoms with Crippen LogP contribution in [0.15, 0.2) is 0 Å². The third-order valence-electron chi connectivity index (χ3n) is 5.24. The molecule has 0 amide bonds. The number of carboxylic acids is 1. The first-order valence-electron chi connectivity index (χ1n) is 9.40. The molecule has 0 aliphatic heterocycles. The van der Waals surface area contributed by atoms with Crippen molar-refractivity contribution in [2.24, 2.45) is 5.92 Å². The van der Waals surface area contributed by atoms with Crippen molar-refractivity contribution in [2.45, 2.75) is 102 Å². The van der Waals surface area contributed by atoms with Crippen LogP contribution in [0.5, 0.6) is 0 Å². The van der Waals surface area contributed by atoms with E-state index in [1.807, 2.05) is 0 Å². The zero-order chi connectivity index (χ0) is 17.1. The third kappa shape index (κ3) is 7.96. The molecule has 0 bridgehead atoms. The summed E-state index contributed by atoms with van der Waals surface area (Å²) in [7, 11) is 0. The van der Waals surface area contributed by atoms with Crippen molar-refractivity contribution in [2.75, 3.05) is 0 Å². The predicted molar refractivity (Wildman–Crippen MR) is 91.4 cm³/mol. The van der Waals surface area contributed by atoms with Gasteiger partial charge in [0.1, 0.15) is 5.78 Å². The van der Waals surface area contributed by atoms with Gasteiger partial charge in [0.05, 0.1) is 5.60 Å². The van der Waals surface area contributed by atoms with E-state index in [9.17, 15) is 14.7 Å². The summed E-state index contributed by atoms with van der Waals surface area (Å²) < 4.78 is 0. The van der Waals surface area contributed by atoms with Crippen LogP contribution >= 0.6 is 0 Å². The Bertz CT molecular complexity index is 366. The zero-order valence-electron chi connectivity index (χ0n) is 14.7. The molecule has 134 valence electrons. The van der Waals surface area contributed by atoms with E-state index < -0.39 is 11.6 Å². The quantitative estimate of drug-likeness (QED) is 0.518. The van der Waals surface area contributed by atoms with Gasteiger partial charge in [-0.25, -0.2) is 0 Å². The second kappa shape index (κ2) is 10.8. The molecule has 1 aliphatic carbocycles. The average molecular weight is 326 g/mol. The topological polar surface area (TPSA) is 74.6 Å². The Labute approximate surface area is 140 Å². The first-order chi connectivity index (χ1) is 11.0. The minimum absolute atomic E-state index is 0.147. The minimum atomic E-state index is -0.749. The van der Waals surface area contributed by atoms with Gasteiger partial charge in [0.15, 0.2) is 0 Å². The zero-order valence-corrected chi connectivity index (χ0v) is 14.7. The van der Waals surface area contributed by atoms with Crippen LogP contribution in [-0.2, 0) is 9.59 Å². The van der Waals surface area contributed by atoms with E-state index >= 15 is 0 Å². The van der Waals surface area contributed by atoms with E-state index in [2.05, 4.69) is 0 Å². The van der Waals surface area contributed by atoms with Crippen LogP contribution in [-0.4, -0.2) is 27.6 Å². The SMILES string of the molecule is CC(=O)[C@H]1CCCC[C@@]1(O)CCCCCCCCCCC(=O)O. The first-order valence-corrected chi connectivity index (χ1v) is 9.40. The molecule has 0 aromatic heterocycles. The molecule has 1 rings (SSSR count). The lowest BCUT2D eigenvalue weighted by atomic mass is 9.71. The Hall–Kier alpha value is -0.900. The first kappa shape index (κ1) is 20.1. The Morgan fingerprint density at radius 1 is 0.957 bits per heavy atom. The molecule has 4 nitrogen and oxygen atoms in total. The molecule has 23 heavy (non-hydrogen) atoms. The van der Waals surface area contributed by atoms with Crippen LogP contribution < -0.4 is 0 Å². The van der Waals surface area contributed by atoms with Crippen molar-refractivity contribution < 1.29 is 19.8 Å². The van der Waals surface area contributed by atoms with Gasteiger partial charge in [-0.15, -0.1) is 0 Å². The molecule has 0 unspecified atom stereocenters. The molecule has 0 radical (unpaired) electrons. The van der Waals surface area contributed by atoms with Gasteiger partial charge in [-0.05, 0) is 32.6 Å². The average Bonchev–Trinajstić information content (AvgIpc) is 2.49. The normalized spacial score (nSPS) is 24.5. The molecule has 0 aromatic carbocycles. The number of rotatable bonds is 12. The molecular formula is C19H34O4. The molecular weight excluding hydrogens is 292 g/mol. The Morgan fingerprint density at radius 3 is 2.09 bits per heavy atom. The number of ketones is 1. The Morgan fingerprint density at radius 2 is 1.52 bits per heavy atom. The number of Topliss-reactive ketones (excluding diaryl/α,β-unsaturated/α-hetero) is 1. The van der Waals surface area contributed by atoms with Crippen LogP contribution in [0.4, 0.5) is 0 Å². The molecule has 4 heteroatoms. The number of unbranched alkanes of at least 4 members (excludes halogenated alkanes) is 7. The lowest BCUT2D eigenvalue weighted by molar-refractivity contribution is -0.137. The van der Waals surface area contributed by atoms with Crippen LogP contribution in [0, 0.1) is 5.92 Å². The lowest BCUT2D eigenvalue weighted by Crippen LogP contribution is -2.44. The number of aliphatic hydroxyl groups is 1. The smallest absolute Gasteiger partial charge is 0.303 e. The highest BCUT2D eigenvalue weighted by Gasteiger charge is 2.40. The van der Waals surface area contributed by atoms with Gasteiger partial charge in [-0.1, -0.05) is 57.8 Å². The number of hydrogen-bond acceptors (Lipinski definition) is 3. The van der Waals surface area contributed by atoms with Crippen molar-refractivity contribution in [3.05, 3.63) is 0 Å². The van der Waals surface area contributed by atoms with E-state index in [0.29, 0.717) is 0 Å². The minimum Gasteiger partial charge on any atom is -0.481 e. The molecule has 2 atom stereocenters. The van der Waals surface area contributed by atoms with Gasteiger partial charge in [-0.2, -0.15) is 0 Å². The van der Waals surface area contributed by atoms with Gasteiger partial charge < -0.3 is 10.2 Å². The fourth-order valence-electron chi connectivity index (χ4n) is 3.87. The van der Waals surface area contributed by atoms with Gasteiger partial charge >= 0.3 is 5.97 Å². The summed E-state index contributed by atoms with van der Waals surface area (Å²) in [5, 5.41) is 19.3. The van der Waals surface area contributed by atoms with Crippen molar-refractivity contribution in [1.82, 2.24) is 0 Å². The van der Waals surface area contributed by atoms with E-state index in [1.54, 1.807) is 6.92 Å². The second-order valence-corrected chi connectivity index (χ2v) is 7.23. The number of aliphatic carboxylic acids is 1. The van der Waals surface area contributed by atoms with Gasteiger partial charge in [-0.3, -0.25) is 9.59 Å². The summed E-state index contributed by atoms with van der Waals surface area (Å²) >= 11 is 0. The van der Waals surface area contributed by atoms with Crippen LogP contribution in [0.25, 0.3) is 0 Å². The maximum absolute atomic E-state index is 11.7. The van der Waals surface area contributed by atoms with E-state index in [-0.39, 0.29) is 18.1 Å². The number of hydrogen-bond donors (Lipinski definition) is 2. The highest BCUT2D eigenvalue weighted by Crippen LogP contribution is 2.38. The number of carbonyl (C=O) groups excluding carboxylic acids is 1. The van der Waals surface area contributed by atoms with Gasteiger partial charge in [0.2, 0.25) is 0 Å². The maximum atomic E-state index is 11.7. The fourth-order valence-corrected chi connectivity index (χ4v) is 3.87. The van der Waals surface area contributed by atoms with E-state index in [1.165, 1.54) is 19.3 Å². The summed E-state index contributed by atoms with van der Waals surface area (Å²) in [5.74, 6) is -0.700. The monoisotopic (exact) mass is 326 g/mol. The van der Waals surface area contributed by atoms with Crippen molar-refractivity contribution in [1.29, 1.82) is 0 Å². The summed E-state index contributed by atoms with van der Waals surface area (Å²) in [6, 6.07) is 0. The summed E-state index contributed by atoms with van der Waals surface area (Å²) in [4.78, 5) is 22.1. The van der Waals surface area contributed by atoms with E-state index in [4.69, 9.17) is 5.11 Å². The molecule has 0 heterocycles. The molecule has 1 fully saturated rings. The second-order valence-electron chi connectivity index (χ2n) is 7.23. The molecule has 1 saturated carbocycles. The highest BCUT2D eigenvalue weighted by molar-refractivity contribution is 5.79. The van der Waals surface area contributed by atoms with Gasteiger partial charge in [0, 0.05) is 12.3 Å². The summed E-state index contributed by atoms with van der Waals surface area (Å²) in [6.45, 7) is 1.62. The predicted octanol–water partition coefficient (Wildman–Crippen LogP) is 4.48. The Kier molecular flexibility index (Phi) is 9.46. The summed E-state index contributed by atoms with van der Waals surface area (Å²) in [6.07, 6.45) is 13.3. The number of carboxylic acid groups (broad SMARTS) is 1. The van der Waals surface area contributed by atoms with Crippen molar-refractivity contribution in [3.8, 4) is 0 Å². The van der Waals surface area contributed by atoms with Crippen molar-refractivity contribution >= 4 is 11.8 Å².